The number of halogens is 2. The first-order valence-corrected chi connectivity index (χ1v) is 10.1. The lowest BCUT2D eigenvalue weighted by atomic mass is 10.1. The molecule has 2 aromatic heterocycles. The minimum absolute atomic E-state index is 0. The molecule has 0 atom stereocenters. The number of nitrogens with one attached hydrogen (secondary N) is 2. The Morgan fingerprint density at radius 1 is 0.758 bits per heavy atom. The lowest BCUT2D eigenvalue weighted by molar-refractivity contribution is -0.697. The molecule has 180 valence electrons. The van der Waals surface area contributed by atoms with Gasteiger partial charge in [-0.15, -0.1) is 0 Å². The highest BCUT2D eigenvalue weighted by atomic mass is 79.9. The third kappa shape index (κ3) is 12.7. The van der Waals surface area contributed by atoms with E-state index in [1.165, 1.54) is 0 Å². The number of hydrogen-bond donors (Lipinski definition) is 4. The number of anilines is 2. The van der Waals surface area contributed by atoms with E-state index in [1.54, 1.807) is 12.1 Å². The van der Waals surface area contributed by atoms with Crippen molar-refractivity contribution < 1.29 is 63.1 Å². The highest BCUT2D eigenvalue weighted by Crippen LogP contribution is 2.06. The smallest absolute Gasteiger partial charge is 0.270 e. The van der Waals surface area contributed by atoms with Crippen LogP contribution < -0.4 is 53.7 Å². The van der Waals surface area contributed by atoms with E-state index in [4.69, 9.17) is 10.4 Å². The van der Waals surface area contributed by atoms with Gasteiger partial charge in [0.2, 0.25) is 0 Å². The second-order valence-electron chi connectivity index (χ2n) is 6.90. The number of amides is 2. The van der Waals surface area contributed by atoms with Gasteiger partial charge in [0.25, 0.3) is 11.8 Å². The Labute approximate surface area is 213 Å². The summed E-state index contributed by atoms with van der Waals surface area (Å²) in [6, 6.07) is 7.27. The fourth-order valence-electron chi connectivity index (χ4n) is 3.04. The predicted molar refractivity (Wildman–Crippen MR) is 114 cm³/mol. The van der Waals surface area contributed by atoms with Crippen LogP contribution in [0.4, 0.5) is 11.4 Å². The van der Waals surface area contributed by atoms with Gasteiger partial charge in [-0.25, -0.2) is 9.13 Å². The molecule has 2 heterocycles. The minimum Gasteiger partial charge on any atom is -1.00 e. The van der Waals surface area contributed by atoms with Gasteiger partial charge in [-0.3, -0.25) is 9.59 Å². The van der Waals surface area contributed by atoms with E-state index in [0.29, 0.717) is 11.4 Å². The first-order chi connectivity index (χ1) is 15.1. The molecule has 33 heavy (non-hydrogen) atoms. The van der Waals surface area contributed by atoms with Gasteiger partial charge in [0.15, 0.2) is 24.8 Å². The van der Waals surface area contributed by atoms with Crippen LogP contribution in [0.3, 0.4) is 0 Å². The normalized spacial score (nSPS) is 10.4. The maximum Gasteiger partial charge on any atom is 0.270 e. The molecule has 2 rings (SSSR count). The number of carbonyl (C=O) groups excluding carboxylic acids is 2. The van der Waals surface area contributed by atoms with Crippen LogP contribution in [0.2, 0.25) is 0 Å². The van der Waals surface area contributed by atoms with Crippen LogP contribution in [-0.2, 0) is 22.7 Å². The van der Waals surface area contributed by atoms with Crippen LogP contribution in [0, 0.1) is 0 Å². The van der Waals surface area contributed by atoms with Gasteiger partial charge < -0.3 is 55.0 Å². The van der Waals surface area contributed by atoms with Crippen molar-refractivity contribution >= 4 is 35.6 Å². The Balaban J connectivity index is 0.00000512. The minimum atomic E-state index is -0.481. The molecule has 0 aliphatic carbocycles. The molecule has 10 nitrogen and oxygen atoms in total. The average molecular weight is 588 g/mol. The molecular formula is C21H28Br2N6O4. The molecule has 0 aromatic carbocycles. The highest BCUT2D eigenvalue weighted by Gasteiger charge is 2.07. The SMILES string of the molecule is O=C(/C=N\O)Nc1ccc[n+](CCCCCCC[n+]2cccc(NC(=O)/C=N\O)c2)c1.[Br-].[Br-]. The summed E-state index contributed by atoms with van der Waals surface area (Å²) in [6.45, 7) is 1.71. The van der Waals surface area contributed by atoms with Crippen LogP contribution >= 0.6 is 0 Å². The largest absolute Gasteiger partial charge is 1.00 e. The van der Waals surface area contributed by atoms with Gasteiger partial charge in [-0.2, -0.15) is 0 Å². The van der Waals surface area contributed by atoms with Crippen LogP contribution in [0.25, 0.3) is 0 Å². The lowest BCUT2D eigenvalue weighted by Crippen LogP contribution is -3.00. The second-order valence-corrected chi connectivity index (χ2v) is 6.90. The first kappa shape index (κ1) is 30.1. The second kappa shape index (κ2) is 17.7. The summed E-state index contributed by atoms with van der Waals surface area (Å²) in [5.74, 6) is -0.963. The van der Waals surface area contributed by atoms with Crippen molar-refractivity contribution in [3.05, 3.63) is 49.1 Å². The molecule has 0 aliphatic rings. The monoisotopic (exact) mass is 586 g/mol. The van der Waals surface area contributed by atoms with E-state index in [0.717, 1.165) is 57.6 Å². The van der Waals surface area contributed by atoms with Crippen molar-refractivity contribution in [2.24, 2.45) is 10.3 Å². The molecule has 2 aromatic rings. The van der Waals surface area contributed by atoms with E-state index in [2.05, 4.69) is 20.9 Å². The summed E-state index contributed by atoms with van der Waals surface area (Å²) in [4.78, 5) is 22.8. The van der Waals surface area contributed by atoms with E-state index in [9.17, 15) is 9.59 Å². The van der Waals surface area contributed by atoms with Gasteiger partial charge in [0, 0.05) is 25.0 Å². The molecule has 0 unspecified atom stereocenters. The Morgan fingerprint density at radius 3 is 1.55 bits per heavy atom. The third-order valence-corrected chi connectivity index (χ3v) is 4.43. The Morgan fingerprint density at radius 2 is 1.15 bits per heavy atom. The summed E-state index contributed by atoms with van der Waals surface area (Å²) < 4.78 is 4.03. The van der Waals surface area contributed by atoms with E-state index >= 15 is 0 Å². The fraction of sp³-hybridized carbons (Fsp3) is 0.333. The van der Waals surface area contributed by atoms with Crippen molar-refractivity contribution in [2.45, 2.75) is 45.2 Å². The Bertz CT molecular complexity index is 854. The molecule has 0 fully saturated rings. The zero-order valence-corrected chi connectivity index (χ0v) is 21.2. The third-order valence-electron chi connectivity index (χ3n) is 4.43. The maximum absolute atomic E-state index is 11.4. The molecule has 0 saturated carbocycles. The topological polar surface area (TPSA) is 131 Å². The molecule has 0 saturated heterocycles. The van der Waals surface area contributed by atoms with Gasteiger partial charge in [0.1, 0.15) is 36.9 Å². The Kier molecular flexibility index (Phi) is 16.1. The van der Waals surface area contributed by atoms with Gasteiger partial charge in [-0.1, -0.05) is 16.7 Å². The van der Waals surface area contributed by atoms with Gasteiger partial charge in [-0.05, 0) is 25.0 Å². The average Bonchev–Trinajstić information content (AvgIpc) is 2.74. The molecule has 0 radical (unpaired) electrons. The number of aryl methyl sites for hydroxylation is 2. The van der Waals surface area contributed by atoms with E-state index in [1.807, 2.05) is 46.1 Å². The zero-order valence-electron chi connectivity index (χ0n) is 18.0. The maximum atomic E-state index is 11.4. The fourth-order valence-corrected chi connectivity index (χ4v) is 3.04. The lowest BCUT2D eigenvalue weighted by Gasteiger charge is -2.03. The first-order valence-electron chi connectivity index (χ1n) is 10.1. The standard InChI is InChI=1S/C21H26N6O4.2BrH/c28-20(14-22-30)24-18-8-6-12-26(16-18)10-4-2-1-3-5-11-27-13-7-9-19(17-27)25-21(29)15-23-31;;/h6-9,12-17H,1-5,10-11H2,(H2-2,24,25,28,29,30,31);2*1H. The summed E-state index contributed by atoms with van der Waals surface area (Å²) in [6.07, 6.45) is 14.6. The Hall–Kier alpha value is -2.86. The molecule has 0 aliphatic heterocycles. The summed E-state index contributed by atoms with van der Waals surface area (Å²) in [7, 11) is 0. The summed E-state index contributed by atoms with van der Waals surface area (Å²) >= 11 is 0. The quantitative estimate of drug-likeness (QED) is 0.0658. The van der Waals surface area contributed by atoms with Crippen LogP contribution in [0.15, 0.2) is 59.4 Å². The van der Waals surface area contributed by atoms with Crippen molar-refractivity contribution in [3.63, 3.8) is 0 Å². The number of rotatable bonds is 12. The van der Waals surface area contributed by atoms with Crippen LogP contribution in [0.1, 0.15) is 32.1 Å². The molecular weight excluding hydrogens is 560 g/mol. The number of aromatic nitrogens is 2. The molecule has 4 N–H and O–H groups in total. The van der Waals surface area contributed by atoms with Gasteiger partial charge >= 0.3 is 0 Å². The number of nitrogens with zero attached hydrogens (tertiary/aromatic N) is 4. The van der Waals surface area contributed by atoms with Gasteiger partial charge in [0.05, 0.1) is 0 Å². The van der Waals surface area contributed by atoms with Crippen molar-refractivity contribution in [1.82, 2.24) is 0 Å². The van der Waals surface area contributed by atoms with E-state index < -0.39 is 11.8 Å². The predicted octanol–water partition coefficient (Wildman–Crippen LogP) is -4.28. The molecule has 0 spiro atoms. The molecule has 2 amide bonds. The molecule has 0 bridgehead atoms. The highest BCUT2D eigenvalue weighted by molar-refractivity contribution is 6.31. The van der Waals surface area contributed by atoms with Crippen molar-refractivity contribution in [3.8, 4) is 0 Å². The van der Waals surface area contributed by atoms with Crippen LogP contribution in [0.5, 0.6) is 0 Å². The van der Waals surface area contributed by atoms with Crippen molar-refractivity contribution in [1.29, 1.82) is 0 Å². The number of hydrogen-bond acceptors (Lipinski definition) is 6. The van der Waals surface area contributed by atoms with Crippen LogP contribution in [-0.4, -0.2) is 34.7 Å². The van der Waals surface area contributed by atoms with Crippen molar-refractivity contribution in [2.75, 3.05) is 10.6 Å². The summed E-state index contributed by atoms with van der Waals surface area (Å²) in [5.41, 5.74) is 1.29. The van der Waals surface area contributed by atoms with E-state index in [-0.39, 0.29) is 34.0 Å². The number of unbranched alkanes of at least 4 members (excludes halogenated alkanes) is 4. The number of pyridine rings is 2. The zero-order chi connectivity index (χ0) is 22.3. The summed E-state index contributed by atoms with van der Waals surface area (Å²) in [5, 5.41) is 27.4. The number of oxime groups is 2. The number of carbonyl (C=O) groups is 2. The molecule has 12 heteroatoms.